The quantitative estimate of drug-likeness (QED) is 0.627. The van der Waals surface area contributed by atoms with Crippen molar-refractivity contribution in [3.8, 4) is 0 Å². The molecule has 4 nitrogen and oxygen atoms in total. The van der Waals surface area contributed by atoms with Crippen molar-refractivity contribution < 1.29 is 0 Å². The minimum atomic E-state index is 0.297. The van der Waals surface area contributed by atoms with Gasteiger partial charge in [0, 0.05) is 19.0 Å². The van der Waals surface area contributed by atoms with Gasteiger partial charge in [0.15, 0.2) is 0 Å². The lowest BCUT2D eigenvalue weighted by Crippen LogP contribution is -2.42. The molecule has 3 unspecified atom stereocenters. The summed E-state index contributed by atoms with van der Waals surface area (Å²) >= 11 is 6.40. The molecule has 3 N–H and O–H groups in total. The molecule has 1 aromatic rings. The van der Waals surface area contributed by atoms with E-state index < -0.39 is 0 Å². The summed E-state index contributed by atoms with van der Waals surface area (Å²) in [6, 6.07) is 0.297. The Balaban J connectivity index is 2.11. The molecule has 5 heteroatoms. The third kappa shape index (κ3) is 3.18. The lowest BCUT2D eigenvalue weighted by molar-refractivity contribution is 0.341. The number of aromatic nitrogens is 2. The zero-order valence-electron chi connectivity index (χ0n) is 12.8. The molecule has 0 saturated heterocycles. The second kappa shape index (κ2) is 6.92. The summed E-state index contributed by atoms with van der Waals surface area (Å²) in [4.78, 5) is 0. The Bertz CT molecular complexity index is 443. The standard InChI is InChI=1S/C15H27ClN4/c1-4-11-6-7-12(8-11)13(18-17)9-14-15(16)10(3)19-20(14)5-2/h11-13,18H,4-9,17H2,1-3H3. The predicted molar refractivity (Wildman–Crippen MR) is 83.6 cm³/mol. The molecule has 1 fully saturated rings. The van der Waals surface area contributed by atoms with Crippen molar-refractivity contribution in [1.29, 1.82) is 0 Å². The van der Waals surface area contributed by atoms with Gasteiger partial charge in [-0.25, -0.2) is 0 Å². The highest BCUT2D eigenvalue weighted by Crippen LogP contribution is 2.36. The fourth-order valence-electron chi connectivity index (χ4n) is 3.48. The molecule has 1 aromatic heterocycles. The molecule has 0 radical (unpaired) electrons. The van der Waals surface area contributed by atoms with E-state index in [2.05, 4.69) is 24.4 Å². The van der Waals surface area contributed by atoms with Gasteiger partial charge in [0.2, 0.25) is 0 Å². The van der Waals surface area contributed by atoms with E-state index in [-0.39, 0.29) is 0 Å². The highest BCUT2D eigenvalue weighted by atomic mass is 35.5. The van der Waals surface area contributed by atoms with Gasteiger partial charge in [0.05, 0.1) is 16.4 Å². The van der Waals surface area contributed by atoms with Crippen molar-refractivity contribution in [3.63, 3.8) is 0 Å². The van der Waals surface area contributed by atoms with Crippen LogP contribution in [0, 0.1) is 18.8 Å². The summed E-state index contributed by atoms with van der Waals surface area (Å²) in [6.45, 7) is 7.19. The third-order valence-electron chi connectivity index (χ3n) is 4.81. The van der Waals surface area contributed by atoms with Crippen LogP contribution in [0.2, 0.25) is 5.02 Å². The van der Waals surface area contributed by atoms with Crippen LogP contribution in [0.1, 0.15) is 50.9 Å². The van der Waals surface area contributed by atoms with Gasteiger partial charge in [0.25, 0.3) is 0 Å². The molecule has 0 aromatic carbocycles. The highest BCUT2D eigenvalue weighted by molar-refractivity contribution is 6.31. The SMILES string of the molecule is CCC1CCC(C(Cc2c(Cl)c(C)nn2CC)NN)C1. The second-order valence-electron chi connectivity index (χ2n) is 5.99. The van der Waals surface area contributed by atoms with Gasteiger partial charge in [-0.1, -0.05) is 31.4 Å². The number of hydrogen-bond acceptors (Lipinski definition) is 3. The highest BCUT2D eigenvalue weighted by Gasteiger charge is 2.31. The first-order valence-electron chi connectivity index (χ1n) is 7.78. The Kier molecular flexibility index (Phi) is 5.47. The topological polar surface area (TPSA) is 55.9 Å². The van der Waals surface area contributed by atoms with Gasteiger partial charge in [0.1, 0.15) is 0 Å². The van der Waals surface area contributed by atoms with Crippen molar-refractivity contribution in [3.05, 3.63) is 16.4 Å². The lowest BCUT2D eigenvalue weighted by atomic mass is 9.93. The van der Waals surface area contributed by atoms with Crippen LogP contribution in [-0.4, -0.2) is 15.8 Å². The van der Waals surface area contributed by atoms with E-state index in [0.717, 1.165) is 35.3 Å². The fourth-order valence-corrected chi connectivity index (χ4v) is 3.70. The van der Waals surface area contributed by atoms with Gasteiger partial charge < -0.3 is 0 Å². The number of nitrogens with one attached hydrogen (secondary N) is 1. The summed E-state index contributed by atoms with van der Waals surface area (Å²) in [5, 5.41) is 5.29. The van der Waals surface area contributed by atoms with Crippen molar-refractivity contribution >= 4 is 11.6 Å². The Morgan fingerprint density at radius 1 is 1.45 bits per heavy atom. The van der Waals surface area contributed by atoms with E-state index in [4.69, 9.17) is 17.4 Å². The van der Waals surface area contributed by atoms with Crippen LogP contribution in [0.25, 0.3) is 0 Å². The number of nitrogens with zero attached hydrogens (tertiary/aromatic N) is 2. The van der Waals surface area contributed by atoms with E-state index in [1.165, 1.54) is 25.7 Å². The molecule has 0 spiro atoms. The molecule has 1 saturated carbocycles. The van der Waals surface area contributed by atoms with Crippen LogP contribution in [0.15, 0.2) is 0 Å². The van der Waals surface area contributed by atoms with Crippen LogP contribution >= 0.6 is 11.6 Å². The molecule has 1 heterocycles. The summed E-state index contributed by atoms with van der Waals surface area (Å²) in [5.41, 5.74) is 5.06. The average molecular weight is 299 g/mol. The Morgan fingerprint density at radius 2 is 2.20 bits per heavy atom. The summed E-state index contributed by atoms with van der Waals surface area (Å²) < 4.78 is 2.01. The van der Waals surface area contributed by atoms with E-state index in [1.54, 1.807) is 0 Å². The monoisotopic (exact) mass is 298 g/mol. The second-order valence-corrected chi connectivity index (χ2v) is 6.36. The van der Waals surface area contributed by atoms with Crippen LogP contribution < -0.4 is 11.3 Å². The first kappa shape index (κ1) is 15.8. The van der Waals surface area contributed by atoms with Crippen LogP contribution in [0.5, 0.6) is 0 Å². The van der Waals surface area contributed by atoms with E-state index in [9.17, 15) is 0 Å². The van der Waals surface area contributed by atoms with Crippen LogP contribution in [0.3, 0.4) is 0 Å². The molecule has 3 atom stereocenters. The van der Waals surface area contributed by atoms with E-state index >= 15 is 0 Å². The summed E-state index contributed by atoms with van der Waals surface area (Å²) in [6.07, 6.45) is 6.03. The predicted octanol–water partition coefficient (Wildman–Crippen LogP) is 3.07. The van der Waals surface area contributed by atoms with Gasteiger partial charge in [-0.3, -0.25) is 16.0 Å². The van der Waals surface area contributed by atoms with Gasteiger partial charge in [-0.05, 0) is 38.5 Å². The van der Waals surface area contributed by atoms with Crippen LogP contribution in [0.4, 0.5) is 0 Å². The number of hydrogen-bond donors (Lipinski definition) is 2. The Hall–Kier alpha value is -0.580. The van der Waals surface area contributed by atoms with E-state index in [0.29, 0.717) is 12.0 Å². The molecule has 114 valence electrons. The molecule has 2 rings (SSSR count). The maximum absolute atomic E-state index is 6.40. The van der Waals surface area contributed by atoms with Crippen molar-refractivity contribution in [2.24, 2.45) is 17.7 Å². The minimum absolute atomic E-state index is 0.297. The van der Waals surface area contributed by atoms with Crippen molar-refractivity contribution in [2.75, 3.05) is 0 Å². The molecule has 1 aliphatic carbocycles. The third-order valence-corrected chi connectivity index (χ3v) is 5.30. The first-order valence-corrected chi connectivity index (χ1v) is 8.16. The largest absolute Gasteiger partial charge is 0.271 e. The molecule has 1 aliphatic rings. The average Bonchev–Trinajstić information content (AvgIpc) is 3.03. The number of aryl methyl sites for hydroxylation is 2. The minimum Gasteiger partial charge on any atom is -0.271 e. The van der Waals surface area contributed by atoms with Crippen molar-refractivity contribution in [2.45, 2.75) is 65.5 Å². The molecular formula is C15H27ClN4. The lowest BCUT2D eigenvalue weighted by Gasteiger charge is -2.23. The smallest absolute Gasteiger partial charge is 0.0847 e. The Morgan fingerprint density at radius 3 is 2.75 bits per heavy atom. The van der Waals surface area contributed by atoms with Crippen molar-refractivity contribution in [1.82, 2.24) is 15.2 Å². The molecule has 20 heavy (non-hydrogen) atoms. The fraction of sp³-hybridized carbons (Fsp3) is 0.800. The maximum atomic E-state index is 6.40. The number of halogens is 1. The van der Waals surface area contributed by atoms with Crippen LogP contribution in [-0.2, 0) is 13.0 Å². The molecular weight excluding hydrogens is 272 g/mol. The summed E-state index contributed by atoms with van der Waals surface area (Å²) in [7, 11) is 0. The summed E-state index contributed by atoms with van der Waals surface area (Å²) in [5.74, 6) is 7.33. The van der Waals surface area contributed by atoms with Gasteiger partial charge in [-0.15, -0.1) is 0 Å². The Labute approximate surface area is 127 Å². The molecule has 0 aliphatic heterocycles. The number of nitrogens with two attached hydrogens (primary N) is 1. The van der Waals surface area contributed by atoms with Gasteiger partial charge in [-0.2, -0.15) is 5.10 Å². The zero-order chi connectivity index (χ0) is 14.7. The van der Waals surface area contributed by atoms with Gasteiger partial charge >= 0.3 is 0 Å². The first-order chi connectivity index (χ1) is 9.60. The normalized spacial score (nSPS) is 24.2. The number of hydrazine groups is 1. The molecule has 0 amide bonds. The maximum Gasteiger partial charge on any atom is 0.0847 e. The number of rotatable bonds is 6. The zero-order valence-corrected chi connectivity index (χ0v) is 13.6. The molecule has 0 bridgehead atoms. The van der Waals surface area contributed by atoms with E-state index in [1.807, 2.05) is 11.6 Å².